The van der Waals surface area contributed by atoms with Gasteiger partial charge in [0.1, 0.15) is 12.4 Å². The van der Waals surface area contributed by atoms with Crippen molar-refractivity contribution >= 4 is 27.6 Å². The highest BCUT2D eigenvalue weighted by Gasteiger charge is 2.26. The number of amides is 2. The molecule has 0 radical (unpaired) electrons. The summed E-state index contributed by atoms with van der Waals surface area (Å²) in [5, 5.41) is 4.30. The number of nitrogens with zero attached hydrogens (tertiary/aromatic N) is 1. The maximum Gasteiger partial charge on any atom is 0.513 e. The summed E-state index contributed by atoms with van der Waals surface area (Å²) in [6.07, 6.45) is -0.902. The molecule has 0 aliphatic carbocycles. The number of carbonyl (C=O) groups excluding carboxylic acids is 2. The second-order valence-corrected chi connectivity index (χ2v) is 12.3. The van der Waals surface area contributed by atoms with Crippen LogP contribution in [0.2, 0.25) is 0 Å². The monoisotopic (exact) mass is 486 g/mol. The van der Waals surface area contributed by atoms with Crippen molar-refractivity contribution in [2.24, 2.45) is 15.2 Å². The molecule has 1 aromatic carbocycles. The van der Waals surface area contributed by atoms with Crippen molar-refractivity contribution in [3.05, 3.63) is 29.2 Å². The molecular formula is C22H36N3O7S+. The number of rotatable bonds is 10. The molecule has 1 aromatic rings. The summed E-state index contributed by atoms with van der Waals surface area (Å²) >= 11 is 0. The predicted molar refractivity (Wildman–Crippen MR) is 126 cm³/mol. The van der Waals surface area contributed by atoms with Crippen molar-refractivity contribution in [1.82, 2.24) is 5.32 Å². The van der Waals surface area contributed by atoms with Crippen LogP contribution in [-0.2, 0) is 19.2 Å². The van der Waals surface area contributed by atoms with Gasteiger partial charge in [0.25, 0.3) is 5.69 Å². The van der Waals surface area contributed by atoms with Crippen LogP contribution in [-0.4, -0.2) is 54.3 Å². The van der Waals surface area contributed by atoms with Crippen LogP contribution in [0.3, 0.4) is 0 Å². The van der Waals surface area contributed by atoms with Crippen molar-refractivity contribution in [2.45, 2.75) is 41.5 Å². The molecule has 0 saturated heterocycles. The molecule has 2 amide bonds. The molecule has 33 heavy (non-hydrogen) atoms. The third-order valence-corrected chi connectivity index (χ3v) is 6.84. The molecule has 0 fully saturated rings. The fraction of sp³-hybridized carbons (Fsp3) is 0.636. The molecule has 186 valence electrons. The van der Waals surface area contributed by atoms with Gasteiger partial charge < -0.3 is 19.5 Å². The van der Waals surface area contributed by atoms with Crippen LogP contribution >= 0.6 is 0 Å². The lowest BCUT2D eigenvalue weighted by Gasteiger charge is -2.26. The van der Waals surface area contributed by atoms with E-state index in [1.54, 1.807) is 5.18 Å². The largest absolute Gasteiger partial charge is 0.513 e. The van der Waals surface area contributed by atoms with Gasteiger partial charge in [0.2, 0.25) is 0 Å². The van der Waals surface area contributed by atoms with Crippen LogP contribution in [0.15, 0.2) is 28.6 Å². The average molecular weight is 487 g/mol. The van der Waals surface area contributed by atoms with Crippen LogP contribution < -0.4 is 15.2 Å². The molecule has 0 heterocycles. The van der Waals surface area contributed by atoms with E-state index in [1.165, 1.54) is 24.3 Å². The lowest BCUT2D eigenvalue weighted by molar-refractivity contribution is -0.379. The normalized spacial score (nSPS) is 12.1. The van der Waals surface area contributed by atoms with Crippen molar-refractivity contribution in [3.8, 4) is 5.75 Å². The van der Waals surface area contributed by atoms with Gasteiger partial charge in [0.05, 0.1) is 22.9 Å². The van der Waals surface area contributed by atoms with Gasteiger partial charge in [-0.05, 0) is 23.0 Å². The summed E-state index contributed by atoms with van der Waals surface area (Å²) in [5.41, 5.74) is -0.114. The van der Waals surface area contributed by atoms with Crippen LogP contribution in [0.4, 0.5) is 15.3 Å². The summed E-state index contributed by atoms with van der Waals surface area (Å²) < 4.78 is 32.4. The number of nitrogens with one attached hydrogen (secondary N) is 2. The third-order valence-electron chi connectivity index (χ3n) is 3.71. The minimum Gasteiger partial charge on any atom is -0.432 e. The average Bonchev–Trinajstić information content (AvgIpc) is 2.64. The predicted octanol–water partition coefficient (Wildman–Crippen LogP) is 2.97. The Hall–Kier alpha value is -2.53. The first-order valence-electron chi connectivity index (χ1n) is 10.6. The number of ether oxygens (including phenoxy) is 3. The van der Waals surface area contributed by atoms with Gasteiger partial charge >= 0.3 is 12.2 Å². The molecule has 0 unspecified atom stereocenters. The third kappa shape index (κ3) is 13.6. The lowest BCUT2D eigenvalue weighted by Crippen LogP contribution is -2.55. The van der Waals surface area contributed by atoms with Crippen LogP contribution in [0.25, 0.3) is 0 Å². The molecule has 0 atom stereocenters. The van der Waals surface area contributed by atoms with E-state index in [0.29, 0.717) is 17.2 Å². The maximum absolute atomic E-state index is 13.3. The van der Waals surface area contributed by atoms with E-state index in [4.69, 9.17) is 14.2 Å². The van der Waals surface area contributed by atoms with Gasteiger partial charge in [-0.2, -0.15) is 0 Å². The fourth-order valence-corrected chi connectivity index (χ4v) is 6.19. The van der Waals surface area contributed by atoms with E-state index in [9.17, 15) is 18.7 Å². The minimum atomic E-state index is -2.71. The van der Waals surface area contributed by atoms with Crippen LogP contribution in [0.1, 0.15) is 41.5 Å². The van der Waals surface area contributed by atoms with Gasteiger partial charge in [-0.3, -0.25) is 0 Å². The molecule has 0 aliphatic heterocycles. The number of hydrogen-bond donors (Lipinski definition) is 2. The molecule has 2 N–H and O–H groups in total. The van der Waals surface area contributed by atoms with Gasteiger partial charge in [0.15, 0.2) is 0 Å². The highest BCUT2D eigenvalue weighted by molar-refractivity contribution is 7.93. The smallest absolute Gasteiger partial charge is 0.432 e. The molecule has 11 heteroatoms. The Labute approximate surface area is 195 Å². The van der Waals surface area contributed by atoms with Gasteiger partial charge in [-0.15, -0.1) is 4.36 Å². The molecule has 1 rings (SSSR count). The summed E-state index contributed by atoms with van der Waals surface area (Å²) in [6, 6.07) is 5.20. The SMILES string of the molecule is CC(C)(C)CS(=O)(CC(C)(C)C)=NC(=O)NCCOCCOC(=O)Oc1ccc([NH+]=O)cc1. The van der Waals surface area contributed by atoms with E-state index in [2.05, 4.69) is 9.68 Å². The Bertz CT molecular complexity index is 887. The lowest BCUT2D eigenvalue weighted by atomic mass is 10.0. The zero-order valence-electron chi connectivity index (χ0n) is 20.3. The Morgan fingerprint density at radius 3 is 2.06 bits per heavy atom. The standard InChI is InChI=1S/C22H35N3O7S/c1-21(2,3)15-33(29,16-22(4,5)6)25-19(26)23-11-12-30-13-14-31-20(27)32-18-9-7-17(24-28)8-10-18/h7-10H,11-16H2,1-6H3,(H,23,26)/p+1. The number of benzene rings is 1. The first kappa shape index (κ1) is 28.5. The molecule has 0 bridgehead atoms. The molecule has 0 spiro atoms. The maximum atomic E-state index is 13.3. The number of nitroso groups, excluding NO2 is 1. The fourth-order valence-electron chi connectivity index (χ4n) is 2.89. The summed E-state index contributed by atoms with van der Waals surface area (Å²) in [7, 11) is -2.71. The van der Waals surface area contributed by atoms with Gasteiger partial charge in [0, 0.05) is 40.3 Å². The van der Waals surface area contributed by atoms with Gasteiger partial charge in [-0.1, -0.05) is 41.5 Å². The Morgan fingerprint density at radius 1 is 0.970 bits per heavy atom. The zero-order valence-corrected chi connectivity index (χ0v) is 21.1. The quantitative estimate of drug-likeness (QED) is 0.295. The van der Waals surface area contributed by atoms with E-state index >= 15 is 0 Å². The summed E-state index contributed by atoms with van der Waals surface area (Å²) in [6.45, 7) is 12.2. The highest BCUT2D eigenvalue weighted by atomic mass is 32.2. The van der Waals surface area contributed by atoms with E-state index in [-0.39, 0.29) is 42.9 Å². The highest BCUT2D eigenvalue weighted by Crippen LogP contribution is 2.24. The number of hydrogen-bond acceptors (Lipinski definition) is 7. The van der Waals surface area contributed by atoms with Crippen molar-refractivity contribution in [3.63, 3.8) is 0 Å². The van der Waals surface area contributed by atoms with E-state index < -0.39 is 21.9 Å². The first-order chi connectivity index (χ1) is 15.2. The Morgan fingerprint density at radius 2 is 1.55 bits per heavy atom. The second-order valence-electron chi connectivity index (χ2n) is 9.95. The zero-order chi connectivity index (χ0) is 25.1. The molecule has 10 nitrogen and oxygen atoms in total. The van der Waals surface area contributed by atoms with Crippen LogP contribution in [0.5, 0.6) is 5.75 Å². The number of urea groups is 1. The number of carbonyl (C=O) groups is 2. The van der Waals surface area contributed by atoms with Crippen molar-refractivity contribution in [2.75, 3.05) is 37.9 Å². The van der Waals surface area contributed by atoms with Gasteiger partial charge in [-0.25, -0.2) is 13.8 Å². The van der Waals surface area contributed by atoms with E-state index in [1.807, 2.05) is 41.5 Å². The van der Waals surface area contributed by atoms with Crippen LogP contribution in [0, 0.1) is 15.7 Å². The minimum absolute atomic E-state index is 0.0393. The Balaban J connectivity index is 2.35. The molecule has 0 aliphatic rings. The summed E-state index contributed by atoms with van der Waals surface area (Å²) in [4.78, 5) is 34.3. The molecule has 0 aromatic heterocycles. The topological polar surface area (TPSA) is 134 Å². The van der Waals surface area contributed by atoms with E-state index in [0.717, 1.165) is 0 Å². The van der Waals surface area contributed by atoms with Crippen molar-refractivity contribution < 1.29 is 33.2 Å². The first-order valence-corrected chi connectivity index (χ1v) is 12.5. The molecular weight excluding hydrogens is 450 g/mol. The summed E-state index contributed by atoms with van der Waals surface area (Å²) in [5.74, 6) is 0.892. The second kappa shape index (κ2) is 12.6. The Kier molecular flexibility index (Phi) is 10.9. The van der Waals surface area contributed by atoms with Crippen molar-refractivity contribution in [1.29, 1.82) is 0 Å². The molecule has 0 saturated carbocycles.